The van der Waals surface area contributed by atoms with Gasteiger partial charge in [-0.15, -0.1) is 0 Å². The first-order chi connectivity index (χ1) is 12.3. The molecule has 26 heavy (non-hydrogen) atoms. The second-order valence-electron chi connectivity index (χ2n) is 7.06. The molecule has 3 heterocycles. The van der Waals surface area contributed by atoms with E-state index in [-0.39, 0.29) is 17.0 Å². The van der Waals surface area contributed by atoms with Crippen LogP contribution in [0.5, 0.6) is 0 Å². The van der Waals surface area contributed by atoms with Gasteiger partial charge in [-0.2, -0.15) is 12.6 Å². The summed E-state index contributed by atoms with van der Waals surface area (Å²) in [5.74, 6) is 1.33. The molecule has 3 aromatic heterocycles. The van der Waals surface area contributed by atoms with Crippen LogP contribution in [0.3, 0.4) is 0 Å². The molecular formula is C18H22N6OS. The summed E-state index contributed by atoms with van der Waals surface area (Å²) in [7, 11) is 0. The average molecular weight is 370 g/mol. The van der Waals surface area contributed by atoms with Gasteiger partial charge in [0.1, 0.15) is 5.82 Å². The highest BCUT2D eigenvalue weighted by Crippen LogP contribution is 2.27. The zero-order valence-corrected chi connectivity index (χ0v) is 15.9. The summed E-state index contributed by atoms with van der Waals surface area (Å²) in [6, 6.07) is 3.78. The van der Waals surface area contributed by atoms with E-state index in [0.717, 1.165) is 10.9 Å². The summed E-state index contributed by atoms with van der Waals surface area (Å²) in [4.78, 5) is 25.7. The number of hydrogen-bond donors (Lipinski definition) is 3. The van der Waals surface area contributed by atoms with Crippen molar-refractivity contribution in [1.29, 1.82) is 0 Å². The Bertz CT molecular complexity index is 991. The quantitative estimate of drug-likeness (QED) is 0.611. The van der Waals surface area contributed by atoms with Gasteiger partial charge in [0, 0.05) is 42.0 Å². The monoisotopic (exact) mass is 370 g/mol. The van der Waals surface area contributed by atoms with Gasteiger partial charge < -0.3 is 15.6 Å². The van der Waals surface area contributed by atoms with Gasteiger partial charge in [-0.3, -0.25) is 4.79 Å². The molecule has 0 aliphatic rings. The number of hydrogen-bond acceptors (Lipinski definition) is 7. The lowest BCUT2D eigenvalue weighted by Gasteiger charge is -2.23. The number of pyridine rings is 2. The summed E-state index contributed by atoms with van der Waals surface area (Å²) in [5.41, 5.74) is 6.63. The van der Waals surface area contributed by atoms with E-state index in [0.29, 0.717) is 29.2 Å². The number of nitrogens with zero attached hydrogens (tertiary/aromatic N) is 4. The highest BCUT2D eigenvalue weighted by molar-refractivity contribution is 7.80. The number of nitrogens with one attached hydrogen (secondary N) is 1. The van der Waals surface area contributed by atoms with Crippen LogP contribution in [0.2, 0.25) is 0 Å². The molecule has 0 bridgehead atoms. The zero-order valence-electron chi connectivity index (χ0n) is 15.0. The molecule has 3 aromatic rings. The first-order valence-electron chi connectivity index (χ1n) is 8.29. The van der Waals surface area contributed by atoms with Gasteiger partial charge in [0.15, 0.2) is 0 Å². The standard InChI is InChI=1S/C18H22N6OS/c1-18(2,3)23-15-14-11(4-5-24(6-7-26)16(14)25)8-13(22-15)12-9-20-17(19)21-10-12/h4-5,8-10,26H,6-7H2,1-3H3,(H,22,23)(H2,19,20,21). The number of nitrogen functional groups attached to an aromatic ring is 1. The van der Waals surface area contributed by atoms with Gasteiger partial charge in [0.25, 0.3) is 5.56 Å². The summed E-state index contributed by atoms with van der Waals surface area (Å²) in [5, 5.41) is 4.71. The largest absolute Gasteiger partial charge is 0.368 e. The van der Waals surface area contributed by atoms with E-state index in [4.69, 9.17) is 5.73 Å². The Morgan fingerprint density at radius 3 is 2.58 bits per heavy atom. The van der Waals surface area contributed by atoms with Crippen LogP contribution in [-0.2, 0) is 6.54 Å². The lowest BCUT2D eigenvalue weighted by molar-refractivity contribution is 0.631. The Balaban J connectivity index is 2.26. The van der Waals surface area contributed by atoms with Crippen LogP contribution in [-0.4, -0.2) is 30.8 Å². The maximum absolute atomic E-state index is 12.9. The van der Waals surface area contributed by atoms with E-state index in [1.807, 2.05) is 32.9 Å². The number of aryl methyl sites for hydroxylation is 1. The Morgan fingerprint density at radius 2 is 1.96 bits per heavy atom. The molecule has 136 valence electrons. The third kappa shape index (κ3) is 3.80. The van der Waals surface area contributed by atoms with Crippen LogP contribution in [0.1, 0.15) is 20.8 Å². The predicted octanol–water partition coefficient (Wildman–Crippen LogP) is 2.58. The van der Waals surface area contributed by atoms with E-state index in [1.54, 1.807) is 23.2 Å². The molecule has 0 fully saturated rings. The van der Waals surface area contributed by atoms with Gasteiger partial charge in [-0.25, -0.2) is 15.0 Å². The molecule has 0 saturated heterocycles. The predicted molar refractivity (Wildman–Crippen MR) is 109 cm³/mol. The van der Waals surface area contributed by atoms with Crippen LogP contribution >= 0.6 is 12.6 Å². The molecule has 0 spiro atoms. The van der Waals surface area contributed by atoms with Gasteiger partial charge >= 0.3 is 0 Å². The number of fused-ring (bicyclic) bond motifs is 1. The van der Waals surface area contributed by atoms with Gasteiger partial charge in [0.05, 0.1) is 11.1 Å². The third-order valence-electron chi connectivity index (χ3n) is 3.76. The average Bonchev–Trinajstić information content (AvgIpc) is 2.56. The van der Waals surface area contributed by atoms with Crippen molar-refractivity contribution in [2.75, 3.05) is 16.8 Å². The summed E-state index contributed by atoms with van der Waals surface area (Å²) < 4.78 is 1.65. The maximum Gasteiger partial charge on any atom is 0.262 e. The minimum absolute atomic E-state index is 0.0871. The lowest BCUT2D eigenvalue weighted by atomic mass is 10.1. The fourth-order valence-corrected chi connectivity index (χ4v) is 2.87. The van der Waals surface area contributed by atoms with Crippen LogP contribution in [0, 0.1) is 0 Å². The molecule has 3 rings (SSSR count). The molecule has 0 aromatic carbocycles. The van der Waals surface area contributed by atoms with Crippen molar-refractivity contribution in [3.05, 3.63) is 41.1 Å². The Labute approximate surface area is 157 Å². The Morgan fingerprint density at radius 1 is 1.27 bits per heavy atom. The first kappa shape index (κ1) is 18.2. The number of rotatable bonds is 4. The molecule has 8 heteroatoms. The first-order valence-corrected chi connectivity index (χ1v) is 8.93. The van der Waals surface area contributed by atoms with Crippen molar-refractivity contribution in [3.8, 4) is 11.3 Å². The smallest absolute Gasteiger partial charge is 0.262 e. The van der Waals surface area contributed by atoms with E-state index >= 15 is 0 Å². The van der Waals surface area contributed by atoms with Crippen molar-refractivity contribution in [2.45, 2.75) is 32.9 Å². The van der Waals surface area contributed by atoms with Crippen LogP contribution in [0.25, 0.3) is 22.0 Å². The van der Waals surface area contributed by atoms with E-state index in [9.17, 15) is 4.79 Å². The van der Waals surface area contributed by atoms with Crippen molar-refractivity contribution < 1.29 is 0 Å². The second kappa shape index (κ2) is 6.95. The molecule has 0 radical (unpaired) electrons. The molecule has 0 aliphatic heterocycles. The molecule has 0 amide bonds. The molecular weight excluding hydrogens is 348 g/mol. The SMILES string of the molecule is CC(C)(C)Nc1nc(-c2cnc(N)nc2)cc2ccn(CCS)c(=O)c12. The Hall–Kier alpha value is -2.61. The molecule has 7 nitrogen and oxygen atoms in total. The van der Waals surface area contributed by atoms with Gasteiger partial charge in [-0.05, 0) is 38.3 Å². The molecule has 0 unspecified atom stereocenters. The van der Waals surface area contributed by atoms with Crippen molar-refractivity contribution >= 4 is 35.2 Å². The van der Waals surface area contributed by atoms with E-state index < -0.39 is 0 Å². The number of thiol groups is 1. The van der Waals surface area contributed by atoms with Crippen LogP contribution in [0.15, 0.2) is 35.5 Å². The number of aromatic nitrogens is 4. The zero-order chi connectivity index (χ0) is 18.9. The third-order valence-corrected chi connectivity index (χ3v) is 3.96. The molecule has 3 N–H and O–H groups in total. The van der Waals surface area contributed by atoms with Crippen molar-refractivity contribution in [1.82, 2.24) is 19.5 Å². The topological polar surface area (TPSA) is 98.7 Å². The highest BCUT2D eigenvalue weighted by Gasteiger charge is 2.17. The second-order valence-corrected chi connectivity index (χ2v) is 7.51. The number of nitrogens with two attached hydrogens (primary N) is 1. The van der Waals surface area contributed by atoms with Crippen molar-refractivity contribution in [3.63, 3.8) is 0 Å². The Kier molecular flexibility index (Phi) is 4.86. The molecule has 0 saturated carbocycles. The summed E-state index contributed by atoms with van der Waals surface area (Å²) in [6.45, 7) is 6.61. The fourth-order valence-electron chi connectivity index (χ4n) is 2.65. The normalized spacial score (nSPS) is 11.7. The highest BCUT2D eigenvalue weighted by atomic mass is 32.1. The van der Waals surface area contributed by atoms with E-state index in [1.165, 1.54) is 0 Å². The van der Waals surface area contributed by atoms with Crippen LogP contribution < -0.4 is 16.6 Å². The van der Waals surface area contributed by atoms with Gasteiger partial charge in [0.2, 0.25) is 5.95 Å². The minimum atomic E-state index is -0.257. The maximum atomic E-state index is 12.9. The molecule has 0 aliphatic carbocycles. The van der Waals surface area contributed by atoms with E-state index in [2.05, 4.69) is 32.9 Å². The minimum Gasteiger partial charge on any atom is -0.368 e. The van der Waals surface area contributed by atoms with Crippen molar-refractivity contribution in [2.24, 2.45) is 0 Å². The fraction of sp³-hybridized carbons (Fsp3) is 0.333. The summed E-state index contributed by atoms with van der Waals surface area (Å²) in [6.07, 6.45) is 5.03. The lowest BCUT2D eigenvalue weighted by Crippen LogP contribution is -2.29. The summed E-state index contributed by atoms with van der Waals surface area (Å²) >= 11 is 4.23. The van der Waals surface area contributed by atoms with Gasteiger partial charge in [-0.1, -0.05) is 0 Å². The number of anilines is 2. The molecule has 0 atom stereocenters. The van der Waals surface area contributed by atoms with Crippen LogP contribution in [0.4, 0.5) is 11.8 Å².